The third-order valence-corrected chi connectivity index (χ3v) is 6.89. The molecule has 0 aliphatic carbocycles. The molecule has 0 aliphatic rings. The van der Waals surface area contributed by atoms with Gasteiger partial charge in [0.15, 0.2) is 0 Å². The molecular weight excluding hydrogens is 484 g/mol. The summed E-state index contributed by atoms with van der Waals surface area (Å²) in [5.41, 5.74) is 0.718. The van der Waals surface area contributed by atoms with Crippen molar-refractivity contribution in [2.45, 2.75) is 4.90 Å². The number of nitrogens with one attached hydrogen (secondary N) is 1. The second-order valence-corrected chi connectivity index (χ2v) is 9.11. The molecule has 0 atom stereocenters. The molecule has 0 aromatic heterocycles. The molecule has 1 amide bonds. The molecule has 3 rings (SSSR count). The minimum absolute atomic E-state index is 0.0496. The fourth-order valence-corrected chi connectivity index (χ4v) is 4.72. The number of hydrogen-bond donors (Lipinski definition) is 1. The number of amides is 1. The predicted octanol–water partition coefficient (Wildman–Crippen LogP) is 4.30. The first-order chi connectivity index (χ1) is 14.9. The Morgan fingerprint density at radius 1 is 0.968 bits per heavy atom. The zero-order valence-corrected chi connectivity index (χ0v) is 19.3. The van der Waals surface area contributed by atoms with Crippen molar-refractivity contribution in [2.75, 3.05) is 30.4 Å². The first-order valence-electron chi connectivity index (χ1n) is 9.21. The van der Waals surface area contributed by atoms with E-state index in [-0.39, 0.29) is 16.3 Å². The summed E-state index contributed by atoms with van der Waals surface area (Å²) >= 11 is 3.37. The summed E-state index contributed by atoms with van der Waals surface area (Å²) in [4.78, 5) is 12.9. The van der Waals surface area contributed by atoms with Crippen molar-refractivity contribution in [2.24, 2.45) is 0 Å². The Labute approximate surface area is 189 Å². The zero-order valence-electron chi connectivity index (χ0n) is 16.9. The summed E-state index contributed by atoms with van der Waals surface area (Å²) in [6.45, 7) is -0.470. The largest absolute Gasteiger partial charge is 0.497 e. The van der Waals surface area contributed by atoms with Crippen molar-refractivity contribution < 1.29 is 22.7 Å². The molecule has 0 fully saturated rings. The molecule has 1 N–H and O–H groups in total. The Morgan fingerprint density at radius 2 is 1.65 bits per heavy atom. The van der Waals surface area contributed by atoms with Gasteiger partial charge in [0.25, 0.3) is 10.0 Å². The van der Waals surface area contributed by atoms with Gasteiger partial charge in [0.2, 0.25) is 5.91 Å². The lowest BCUT2D eigenvalue weighted by Gasteiger charge is -2.26. The fraction of sp³-hybridized carbons (Fsp3) is 0.136. The number of para-hydroxylation sites is 1. The fourth-order valence-electron chi connectivity index (χ4n) is 2.89. The van der Waals surface area contributed by atoms with Gasteiger partial charge in [-0.2, -0.15) is 0 Å². The highest BCUT2D eigenvalue weighted by Crippen LogP contribution is 2.35. The summed E-state index contributed by atoms with van der Waals surface area (Å²) < 4.78 is 39.3. The van der Waals surface area contributed by atoms with Crippen LogP contribution in [-0.2, 0) is 14.8 Å². The average molecular weight is 505 g/mol. The zero-order chi connectivity index (χ0) is 22.4. The van der Waals surface area contributed by atoms with E-state index in [4.69, 9.17) is 9.47 Å². The molecule has 31 heavy (non-hydrogen) atoms. The minimum Gasteiger partial charge on any atom is -0.497 e. The van der Waals surface area contributed by atoms with Crippen LogP contribution in [0.25, 0.3) is 0 Å². The maximum absolute atomic E-state index is 13.5. The van der Waals surface area contributed by atoms with Gasteiger partial charge in [-0.3, -0.25) is 9.10 Å². The van der Waals surface area contributed by atoms with Crippen LogP contribution in [0.15, 0.2) is 82.2 Å². The third kappa shape index (κ3) is 5.18. The Kier molecular flexibility index (Phi) is 7.19. The number of methoxy groups -OCH3 is 2. The van der Waals surface area contributed by atoms with Gasteiger partial charge in [-0.15, -0.1) is 0 Å². The van der Waals surface area contributed by atoms with Gasteiger partial charge in [-0.05, 0) is 52.3 Å². The van der Waals surface area contributed by atoms with Crippen molar-refractivity contribution >= 4 is 43.2 Å². The molecular formula is C22H21BrN2O5S. The molecule has 0 saturated heterocycles. The average Bonchev–Trinajstić information content (AvgIpc) is 2.79. The van der Waals surface area contributed by atoms with Crippen molar-refractivity contribution in [3.8, 4) is 11.5 Å². The van der Waals surface area contributed by atoms with Gasteiger partial charge in [-0.25, -0.2) is 8.42 Å². The standard InChI is InChI=1S/C22H21BrN2O5S/c1-29-16-12-13-21(30-2)20(14-16)25(31(27,28)17-8-4-3-5-9-17)15-22(26)24-19-11-7-6-10-18(19)23/h3-14H,15H2,1-2H3,(H,24,26). The van der Waals surface area contributed by atoms with Crippen LogP contribution in [0.4, 0.5) is 11.4 Å². The van der Waals surface area contributed by atoms with E-state index < -0.39 is 22.5 Å². The number of halogens is 1. The molecule has 0 spiro atoms. The summed E-state index contributed by atoms with van der Waals surface area (Å²) in [5, 5.41) is 2.74. The van der Waals surface area contributed by atoms with Gasteiger partial charge >= 0.3 is 0 Å². The number of nitrogens with zero attached hydrogens (tertiary/aromatic N) is 1. The molecule has 3 aromatic carbocycles. The maximum atomic E-state index is 13.5. The van der Waals surface area contributed by atoms with Crippen molar-refractivity contribution in [3.63, 3.8) is 0 Å². The monoisotopic (exact) mass is 504 g/mol. The Bertz CT molecular complexity index is 1170. The van der Waals surface area contributed by atoms with E-state index in [2.05, 4.69) is 21.2 Å². The lowest BCUT2D eigenvalue weighted by atomic mass is 10.2. The van der Waals surface area contributed by atoms with Crippen LogP contribution < -0.4 is 19.1 Å². The number of sulfonamides is 1. The van der Waals surface area contributed by atoms with Crippen molar-refractivity contribution in [1.82, 2.24) is 0 Å². The van der Waals surface area contributed by atoms with Crippen LogP contribution in [0, 0.1) is 0 Å². The highest BCUT2D eigenvalue weighted by molar-refractivity contribution is 9.10. The minimum atomic E-state index is -4.08. The highest BCUT2D eigenvalue weighted by Gasteiger charge is 2.30. The topological polar surface area (TPSA) is 84.9 Å². The van der Waals surface area contributed by atoms with Crippen molar-refractivity contribution in [1.29, 1.82) is 0 Å². The van der Waals surface area contributed by atoms with E-state index in [1.165, 1.54) is 32.4 Å². The van der Waals surface area contributed by atoms with Crippen LogP contribution in [0.5, 0.6) is 11.5 Å². The number of carbonyl (C=O) groups is 1. The molecule has 0 unspecified atom stereocenters. The molecule has 0 radical (unpaired) electrons. The maximum Gasteiger partial charge on any atom is 0.264 e. The quantitative estimate of drug-likeness (QED) is 0.494. The van der Waals surface area contributed by atoms with E-state index in [1.54, 1.807) is 48.5 Å². The second kappa shape index (κ2) is 9.84. The van der Waals surface area contributed by atoms with Crippen molar-refractivity contribution in [3.05, 3.63) is 77.3 Å². The molecule has 9 heteroatoms. The first kappa shape index (κ1) is 22.6. The Morgan fingerprint density at radius 3 is 2.29 bits per heavy atom. The second-order valence-electron chi connectivity index (χ2n) is 6.39. The van der Waals surface area contributed by atoms with E-state index in [1.807, 2.05) is 6.07 Å². The van der Waals surface area contributed by atoms with Crippen LogP contribution >= 0.6 is 15.9 Å². The van der Waals surface area contributed by atoms with Gasteiger partial charge in [0, 0.05) is 10.5 Å². The summed E-state index contributed by atoms with van der Waals surface area (Å²) in [6, 6.07) is 19.7. The number of carbonyl (C=O) groups excluding carboxylic acids is 1. The number of benzene rings is 3. The normalized spacial score (nSPS) is 10.9. The molecule has 0 saturated carbocycles. The number of rotatable bonds is 8. The molecule has 0 aliphatic heterocycles. The van der Waals surface area contributed by atoms with E-state index in [0.717, 1.165) is 4.31 Å². The lowest BCUT2D eigenvalue weighted by Crippen LogP contribution is -2.38. The van der Waals surface area contributed by atoms with Crippen LogP contribution in [0.3, 0.4) is 0 Å². The summed E-state index contributed by atoms with van der Waals surface area (Å²) in [6.07, 6.45) is 0. The number of anilines is 2. The molecule has 162 valence electrons. The highest BCUT2D eigenvalue weighted by atomic mass is 79.9. The number of hydrogen-bond acceptors (Lipinski definition) is 5. The van der Waals surface area contributed by atoms with Crippen LogP contribution in [0.2, 0.25) is 0 Å². The Balaban J connectivity index is 2.05. The smallest absolute Gasteiger partial charge is 0.264 e. The summed E-state index contributed by atoms with van der Waals surface area (Å²) in [7, 11) is -1.18. The molecule has 0 heterocycles. The molecule has 3 aromatic rings. The summed E-state index contributed by atoms with van der Waals surface area (Å²) in [5.74, 6) is 0.195. The Hall–Kier alpha value is -3.04. The van der Waals surface area contributed by atoms with Crippen LogP contribution in [0.1, 0.15) is 0 Å². The van der Waals surface area contributed by atoms with E-state index >= 15 is 0 Å². The van der Waals surface area contributed by atoms with Gasteiger partial charge in [0.05, 0.1) is 30.5 Å². The molecule has 0 bridgehead atoms. The van der Waals surface area contributed by atoms with Crippen LogP contribution in [-0.4, -0.2) is 35.1 Å². The van der Waals surface area contributed by atoms with Gasteiger partial charge in [0.1, 0.15) is 18.0 Å². The lowest BCUT2D eigenvalue weighted by molar-refractivity contribution is -0.114. The van der Waals surface area contributed by atoms with E-state index in [0.29, 0.717) is 15.9 Å². The van der Waals surface area contributed by atoms with E-state index in [9.17, 15) is 13.2 Å². The molecule has 7 nitrogen and oxygen atoms in total. The predicted molar refractivity (Wildman–Crippen MR) is 123 cm³/mol. The first-order valence-corrected chi connectivity index (χ1v) is 11.4. The number of ether oxygens (including phenoxy) is 2. The SMILES string of the molecule is COc1ccc(OC)c(N(CC(=O)Nc2ccccc2Br)S(=O)(=O)c2ccccc2)c1. The third-order valence-electron chi connectivity index (χ3n) is 4.42. The van der Waals surface area contributed by atoms with Gasteiger partial charge in [-0.1, -0.05) is 30.3 Å². The van der Waals surface area contributed by atoms with Gasteiger partial charge < -0.3 is 14.8 Å².